The van der Waals surface area contributed by atoms with E-state index in [0.29, 0.717) is 0 Å². The molecule has 0 atom stereocenters. The van der Waals surface area contributed by atoms with E-state index in [1.165, 1.54) is 55.0 Å². The first-order chi connectivity index (χ1) is 22.7. The summed E-state index contributed by atoms with van der Waals surface area (Å²) in [6.45, 7) is 0. The molecule has 0 aliphatic carbocycles. The van der Waals surface area contributed by atoms with Crippen LogP contribution in [0.25, 0.3) is 0 Å². The smallest absolute Gasteiger partial charge is 0.369 e. The van der Waals surface area contributed by atoms with Crippen molar-refractivity contribution in [2.45, 2.75) is 34.5 Å². The van der Waals surface area contributed by atoms with Gasteiger partial charge in [-0.25, -0.2) is 0 Å². The van der Waals surface area contributed by atoms with Crippen LogP contribution in [0.5, 0.6) is 0 Å². The van der Waals surface area contributed by atoms with E-state index in [2.05, 4.69) is 15.0 Å². The van der Waals surface area contributed by atoms with Crippen molar-refractivity contribution in [3.05, 3.63) is 90.3 Å². The van der Waals surface area contributed by atoms with Gasteiger partial charge in [-0.1, -0.05) is 18.2 Å². The molecule has 3 aromatic heterocycles. The molecular formula is C21H37N3O23P6. The molecule has 304 valence electrons. The van der Waals surface area contributed by atoms with Crippen molar-refractivity contribution >= 4 is 45.6 Å². The van der Waals surface area contributed by atoms with E-state index in [1.807, 2.05) is 0 Å². The Kier molecular flexibility index (Phi) is 19.4. The van der Waals surface area contributed by atoms with E-state index >= 15 is 0 Å². The summed E-state index contributed by atoms with van der Waals surface area (Å²) in [5.41, 5.74) is 0.296. The van der Waals surface area contributed by atoms with Crippen molar-refractivity contribution in [2.24, 2.45) is 0 Å². The van der Waals surface area contributed by atoms with Gasteiger partial charge in [-0.3, -0.25) is 42.3 Å². The van der Waals surface area contributed by atoms with Crippen LogP contribution in [-0.4, -0.2) is 115 Å². The van der Waals surface area contributed by atoms with Gasteiger partial charge >= 0.3 is 45.6 Å². The maximum atomic E-state index is 11.0. The third-order valence-electron chi connectivity index (χ3n) is 6.29. The molecular weight excluding hydrogens is 848 g/mol. The predicted octanol–water partition coefficient (Wildman–Crippen LogP) is -2.77. The molecule has 0 amide bonds. The number of hydrogen-bond donors (Lipinski definition) is 15. The molecule has 0 saturated carbocycles. The Bertz CT molecular complexity index is 1590. The highest BCUT2D eigenvalue weighted by atomic mass is 31.3. The van der Waals surface area contributed by atoms with Gasteiger partial charge in [-0.15, -0.1) is 0 Å². The second kappa shape index (κ2) is 19.3. The van der Waals surface area contributed by atoms with Crippen LogP contribution >= 0.6 is 45.6 Å². The minimum Gasteiger partial charge on any atom is -0.412 e. The van der Waals surface area contributed by atoms with Crippen LogP contribution in [0.4, 0.5) is 0 Å². The number of aromatic nitrogens is 3. The molecule has 0 aliphatic rings. The minimum atomic E-state index is -5.41. The second-order valence-electron chi connectivity index (χ2n) is 10.2. The number of pyridine rings is 3. The van der Waals surface area contributed by atoms with E-state index in [4.69, 9.17) is 58.7 Å². The topological polar surface area (TPSA) is 508 Å². The van der Waals surface area contributed by atoms with Crippen LogP contribution in [0.1, 0.15) is 16.7 Å². The van der Waals surface area contributed by atoms with Gasteiger partial charge in [0.15, 0.2) is 0 Å². The van der Waals surface area contributed by atoms with Crippen molar-refractivity contribution in [1.82, 2.24) is 15.0 Å². The zero-order valence-electron chi connectivity index (χ0n) is 26.2. The van der Waals surface area contributed by atoms with E-state index in [-0.39, 0.29) is 27.6 Å². The van der Waals surface area contributed by atoms with Crippen LogP contribution in [0.15, 0.2) is 73.6 Å². The maximum absolute atomic E-state index is 11.0. The van der Waals surface area contributed by atoms with Crippen molar-refractivity contribution in [2.75, 3.05) is 0 Å². The van der Waals surface area contributed by atoms with Gasteiger partial charge in [-0.05, 0) is 34.9 Å². The first-order valence-electron chi connectivity index (χ1n) is 12.9. The van der Waals surface area contributed by atoms with Gasteiger partial charge in [-0.2, -0.15) is 0 Å². The zero-order valence-corrected chi connectivity index (χ0v) is 31.6. The Hall–Kier alpha value is -1.85. The summed E-state index contributed by atoms with van der Waals surface area (Å²) in [5, 5.41) is 18.5. The molecule has 0 unspecified atom stereocenters. The zero-order chi connectivity index (χ0) is 40.0. The van der Waals surface area contributed by atoms with Gasteiger partial charge in [0.25, 0.3) is 15.2 Å². The standard InChI is InChI=1S/3C7H11NO7P2.2H2O/c3*9-7(16(10,11)12,17(13,14)15)4-6-2-1-3-8-5-6;;/h3*1-3,5,9H,4H2,(H2,10,11,12)(H2,13,14,15);2*1H2. The van der Waals surface area contributed by atoms with Crippen molar-refractivity contribution < 1.29 is 112 Å². The summed E-state index contributed by atoms with van der Waals surface area (Å²) in [4.78, 5) is 117. The first kappa shape index (κ1) is 53.3. The van der Waals surface area contributed by atoms with Crippen molar-refractivity contribution in [3.8, 4) is 0 Å². The molecule has 3 heterocycles. The summed E-state index contributed by atoms with van der Waals surface area (Å²) in [6.07, 6.45) is 4.88. The van der Waals surface area contributed by atoms with Crippen LogP contribution in [0.2, 0.25) is 0 Å². The normalized spacial score (nSPS) is 13.2. The Labute approximate surface area is 297 Å². The first-order valence-corrected chi connectivity index (χ1v) is 22.6. The molecule has 0 aliphatic heterocycles. The van der Waals surface area contributed by atoms with Crippen molar-refractivity contribution in [3.63, 3.8) is 0 Å². The molecule has 53 heavy (non-hydrogen) atoms. The molecule has 3 rings (SSSR count). The highest BCUT2D eigenvalue weighted by Crippen LogP contribution is 2.70. The summed E-state index contributed by atoms with van der Waals surface area (Å²) < 4.78 is 66.2. The van der Waals surface area contributed by atoms with Gasteiger partial charge in [0.1, 0.15) is 0 Å². The summed E-state index contributed by atoms with van der Waals surface area (Å²) in [6, 6.07) is 8.25. The average Bonchev–Trinajstić information content (AvgIpc) is 2.96. The Morgan fingerprint density at radius 2 is 0.566 bits per heavy atom. The predicted molar refractivity (Wildman–Crippen MR) is 178 cm³/mol. The number of nitrogens with zero attached hydrogens (tertiary/aromatic N) is 3. The van der Waals surface area contributed by atoms with E-state index in [9.17, 15) is 42.7 Å². The molecule has 0 bridgehead atoms. The molecule has 19 N–H and O–H groups in total. The van der Waals surface area contributed by atoms with Gasteiger partial charge in [0.2, 0.25) is 0 Å². The molecule has 3 aromatic rings. The number of aliphatic hydroxyl groups is 3. The third-order valence-corrected chi connectivity index (χ3v) is 17.5. The fraction of sp³-hybridized carbons (Fsp3) is 0.286. The Balaban J connectivity index is 0. The van der Waals surface area contributed by atoms with E-state index in [1.54, 1.807) is 0 Å². The monoisotopic (exact) mass is 885 g/mol. The minimum absolute atomic E-state index is 0. The number of rotatable bonds is 12. The van der Waals surface area contributed by atoms with Crippen LogP contribution in [0, 0.1) is 0 Å². The summed E-state index contributed by atoms with van der Waals surface area (Å²) >= 11 is 0. The average molecular weight is 885 g/mol. The molecule has 0 spiro atoms. The fourth-order valence-corrected chi connectivity index (χ4v) is 9.86. The highest BCUT2D eigenvalue weighted by Gasteiger charge is 2.61. The van der Waals surface area contributed by atoms with Gasteiger partial charge in [0.05, 0.1) is 0 Å². The van der Waals surface area contributed by atoms with Crippen LogP contribution in [-0.2, 0) is 46.7 Å². The number of hydrogen-bond acceptors (Lipinski definition) is 12. The molecule has 0 saturated heterocycles. The van der Waals surface area contributed by atoms with Gasteiger partial charge in [0, 0.05) is 56.4 Å². The maximum Gasteiger partial charge on any atom is 0.369 e. The lowest BCUT2D eigenvalue weighted by molar-refractivity contribution is 0.130. The largest absolute Gasteiger partial charge is 0.412 e. The van der Waals surface area contributed by atoms with Crippen LogP contribution < -0.4 is 0 Å². The molecule has 0 fully saturated rings. The quantitative estimate of drug-likeness (QED) is 0.0818. The van der Waals surface area contributed by atoms with Crippen LogP contribution in [0.3, 0.4) is 0 Å². The molecule has 26 nitrogen and oxygen atoms in total. The molecule has 0 aromatic carbocycles. The molecule has 32 heteroatoms. The van der Waals surface area contributed by atoms with Gasteiger partial charge < -0.3 is 85.0 Å². The lowest BCUT2D eigenvalue weighted by Gasteiger charge is -2.29. The lowest BCUT2D eigenvalue weighted by Crippen LogP contribution is -2.31. The highest BCUT2D eigenvalue weighted by molar-refractivity contribution is 7.73. The van der Waals surface area contributed by atoms with E-state index in [0.717, 1.165) is 18.6 Å². The third kappa shape index (κ3) is 14.0. The lowest BCUT2D eigenvalue weighted by atomic mass is 10.2. The van der Waals surface area contributed by atoms with E-state index < -0.39 is 80.1 Å². The second-order valence-corrected chi connectivity index (χ2v) is 22.2. The van der Waals surface area contributed by atoms with Crippen molar-refractivity contribution in [1.29, 1.82) is 0 Å². The SMILES string of the molecule is O.O.O=P(O)(O)C(O)(Cc1cccnc1)P(=O)(O)O.O=P(O)(O)C(O)(Cc1cccnc1)P(=O)(O)O.O=P(O)(O)C(O)(Cc1cccnc1)P(=O)(O)O. The Morgan fingerprint density at radius 1 is 0.396 bits per heavy atom. The summed E-state index contributed by atoms with van der Waals surface area (Å²) in [5.74, 6) is 0. The Morgan fingerprint density at radius 3 is 0.679 bits per heavy atom. The molecule has 0 radical (unpaired) electrons. The fourth-order valence-electron chi connectivity index (χ4n) is 3.46. The summed E-state index contributed by atoms with van der Waals surface area (Å²) in [7, 11) is -32.5.